The first-order valence-electron chi connectivity index (χ1n) is 4.93. The molecule has 1 atom stereocenters. The third-order valence-corrected chi connectivity index (χ3v) is 3.75. The topological polar surface area (TPSA) is 30.0 Å². The first-order valence-corrected chi connectivity index (χ1v) is 5.81. The molecule has 0 aromatic carbocycles. The van der Waals surface area contributed by atoms with E-state index < -0.39 is 0 Å². The lowest BCUT2D eigenvalue weighted by atomic mass is 10.0. The Morgan fingerprint density at radius 1 is 1.71 bits per heavy atom. The Hall–Kier alpha value is -0.700. The molecule has 14 heavy (non-hydrogen) atoms. The molecule has 0 bridgehead atoms. The number of carbonyl (C=O) groups excluding carboxylic acids is 1. The van der Waals surface area contributed by atoms with Gasteiger partial charge in [-0.25, -0.2) is 4.98 Å². The molecule has 1 aliphatic carbocycles. The third kappa shape index (κ3) is 1.87. The molecule has 2 nitrogen and oxygen atoms in total. The van der Waals surface area contributed by atoms with Crippen LogP contribution >= 0.6 is 11.3 Å². The first-order chi connectivity index (χ1) is 6.49. The number of Topliss-reactive ketones (excluding diaryl/α,β-unsaturated/α-hetero) is 1. The molecule has 0 spiro atoms. The van der Waals surface area contributed by atoms with E-state index in [9.17, 15) is 4.79 Å². The van der Waals surface area contributed by atoms with E-state index in [1.807, 2.05) is 12.3 Å². The summed E-state index contributed by atoms with van der Waals surface area (Å²) in [6.45, 7) is 6.28. The Kier molecular flexibility index (Phi) is 2.22. The number of hydrogen-bond donors (Lipinski definition) is 0. The zero-order valence-corrected chi connectivity index (χ0v) is 9.65. The second-order valence-corrected chi connectivity index (χ2v) is 5.81. The molecule has 1 aliphatic rings. The van der Waals surface area contributed by atoms with E-state index in [1.54, 1.807) is 11.3 Å². The number of hydrogen-bond acceptors (Lipinski definition) is 3. The molecule has 1 heterocycles. The van der Waals surface area contributed by atoms with Crippen LogP contribution in [-0.2, 0) is 11.2 Å². The molecule has 1 aromatic rings. The molecule has 2 rings (SSSR count). The van der Waals surface area contributed by atoms with E-state index in [-0.39, 0.29) is 11.3 Å². The van der Waals surface area contributed by atoms with Crippen molar-refractivity contribution in [1.29, 1.82) is 0 Å². The van der Waals surface area contributed by atoms with E-state index in [0.717, 1.165) is 17.1 Å². The maximum atomic E-state index is 11.8. The van der Waals surface area contributed by atoms with E-state index in [1.165, 1.54) is 0 Å². The van der Waals surface area contributed by atoms with Crippen LogP contribution in [-0.4, -0.2) is 10.8 Å². The van der Waals surface area contributed by atoms with Gasteiger partial charge in [-0.3, -0.25) is 4.79 Å². The van der Waals surface area contributed by atoms with Gasteiger partial charge in [0, 0.05) is 17.7 Å². The van der Waals surface area contributed by atoms with Crippen LogP contribution in [0.4, 0.5) is 0 Å². The average Bonchev–Trinajstić information content (AvgIpc) is 2.51. The minimum Gasteiger partial charge on any atom is -0.299 e. The molecule has 0 N–H and O–H groups in total. The lowest BCUT2D eigenvalue weighted by Gasteiger charge is -2.00. The molecule has 0 aliphatic heterocycles. The fraction of sp³-hybridized carbons (Fsp3) is 0.636. The van der Waals surface area contributed by atoms with Crippen LogP contribution in [0.2, 0.25) is 0 Å². The van der Waals surface area contributed by atoms with Gasteiger partial charge in [0.2, 0.25) is 0 Å². The van der Waals surface area contributed by atoms with Crippen molar-refractivity contribution in [2.75, 3.05) is 0 Å². The Bertz CT molecular complexity index is 367. The summed E-state index contributed by atoms with van der Waals surface area (Å²) in [4.78, 5) is 16.1. The highest BCUT2D eigenvalue weighted by atomic mass is 32.1. The van der Waals surface area contributed by atoms with Crippen LogP contribution in [0.25, 0.3) is 0 Å². The van der Waals surface area contributed by atoms with Crippen molar-refractivity contribution in [3.63, 3.8) is 0 Å². The molecule has 3 heteroatoms. The smallest absolute Gasteiger partial charge is 0.142 e. The van der Waals surface area contributed by atoms with Crippen molar-refractivity contribution in [2.45, 2.75) is 33.6 Å². The lowest BCUT2D eigenvalue weighted by Crippen LogP contribution is -2.09. The largest absolute Gasteiger partial charge is 0.299 e. The monoisotopic (exact) mass is 209 g/mol. The molecule has 0 amide bonds. The quantitative estimate of drug-likeness (QED) is 0.766. The highest BCUT2D eigenvalue weighted by molar-refractivity contribution is 7.09. The van der Waals surface area contributed by atoms with Gasteiger partial charge in [-0.1, -0.05) is 13.8 Å². The van der Waals surface area contributed by atoms with Crippen LogP contribution < -0.4 is 0 Å². The maximum absolute atomic E-state index is 11.8. The van der Waals surface area contributed by atoms with Crippen LogP contribution in [0.5, 0.6) is 0 Å². The Morgan fingerprint density at radius 3 is 2.79 bits per heavy atom. The minimum atomic E-state index is 0.252. The second kappa shape index (κ2) is 3.16. The van der Waals surface area contributed by atoms with Crippen LogP contribution in [0, 0.1) is 18.3 Å². The maximum Gasteiger partial charge on any atom is 0.142 e. The predicted octanol–water partition coefficient (Wildman–Crippen LogP) is 2.61. The fourth-order valence-corrected chi connectivity index (χ4v) is 2.42. The zero-order valence-electron chi connectivity index (χ0n) is 8.83. The Balaban J connectivity index is 1.96. The van der Waals surface area contributed by atoms with Gasteiger partial charge in [0.05, 0.1) is 10.7 Å². The summed E-state index contributed by atoms with van der Waals surface area (Å²) in [5.74, 6) is 0.643. The molecule has 76 valence electrons. The predicted molar refractivity (Wildman–Crippen MR) is 57.5 cm³/mol. The van der Waals surface area contributed by atoms with Crippen molar-refractivity contribution in [1.82, 2.24) is 4.98 Å². The minimum absolute atomic E-state index is 0.252. The van der Waals surface area contributed by atoms with Gasteiger partial charge in [0.1, 0.15) is 5.78 Å². The van der Waals surface area contributed by atoms with Crippen molar-refractivity contribution in [3.05, 3.63) is 16.1 Å². The molecule has 1 unspecified atom stereocenters. The summed E-state index contributed by atoms with van der Waals surface area (Å²) in [5.41, 5.74) is 1.20. The highest BCUT2D eigenvalue weighted by Crippen LogP contribution is 2.52. The summed E-state index contributed by atoms with van der Waals surface area (Å²) < 4.78 is 0. The summed E-state index contributed by atoms with van der Waals surface area (Å²) in [5, 5.41) is 3.03. The van der Waals surface area contributed by atoms with Gasteiger partial charge in [-0.2, -0.15) is 0 Å². The molecule has 0 saturated heterocycles. The molecule has 1 saturated carbocycles. The second-order valence-electron chi connectivity index (χ2n) is 4.75. The van der Waals surface area contributed by atoms with Crippen LogP contribution in [0.3, 0.4) is 0 Å². The van der Waals surface area contributed by atoms with Gasteiger partial charge in [0.15, 0.2) is 0 Å². The molecular weight excluding hydrogens is 194 g/mol. The Labute approximate surface area is 88.4 Å². The summed E-state index contributed by atoms with van der Waals surface area (Å²) in [6.07, 6.45) is 1.58. The number of aryl methyl sites for hydroxylation is 1. The first kappa shape index (κ1) is 9.84. The number of ketones is 1. The average molecular weight is 209 g/mol. The van der Waals surface area contributed by atoms with Gasteiger partial charge in [-0.15, -0.1) is 11.3 Å². The van der Waals surface area contributed by atoms with Crippen molar-refractivity contribution < 1.29 is 4.79 Å². The van der Waals surface area contributed by atoms with Crippen molar-refractivity contribution >= 4 is 17.1 Å². The summed E-state index contributed by atoms with van der Waals surface area (Å²) in [7, 11) is 0. The zero-order chi connectivity index (χ0) is 10.3. The molecule has 1 aromatic heterocycles. The third-order valence-electron chi connectivity index (χ3n) is 2.92. The van der Waals surface area contributed by atoms with Crippen molar-refractivity contribution in [2.24, 2.45) is 11.3 Å². The van der Waals surface area contributed by atoms with Gasteiger partial charge < -0.3 is 0 Å². The van der Waals surface area contributed by atoms with E-state index in [2.05, 4.69) is 18.8 Å². The number of rotatable bonds is 3. The summed E-state index contributed by atoms with van der Waals surface area (Å²) >= 11 is 1.62. The van der Waals surface area contributed by atoms with Crippen LogP contribution in [0.15, 0.2) is 5.38 Å². The normalized spacial score (nSPS) is 23.5. The highest BCUT2D eigenvalue weighted by Gasteiger charge is 2.49. The van der Waals surface area contributed by atoms with Crippen LogP contribution in [0.1, 0.15) is 31.0 Å². The summed E-state index contributed by atoms with van der Waals surface area (Å²) in [6, 6.07) is 0. The van der Waals surface area contributed by atoms with Gasteiger partial charge >= 0.3 is 0 Å². The van der Waals surface area contributed by atoms with E-state index in [0.29, 0.717) is 12.2 Å². The van der Waals surface area contributed by atoms with E-state index in [4.69, 9.17) is 0 Å². The lowest BCUT2D eigenvalue weighted by molar-refractivity contribution is -0.120. The Morgan fingerprint density at radius 2 is 2.36 bits per heavy atom. The molecule has 1 fully saturated rings. The van der Waals surface area contributed by atoms with Gasteiger partial charge in [0.25, 0.3) is 0 Å². The SMILES string of the molecule is Cc1nc(CC(=O)C2CC2(C)C)cs1. The fourth-order valence-electron chi connectivity index (χ4n) is 1.81. The molecule has 0 radical (unpaired) electrons. The number of nitrogens with zero attached hydrogens (tertiary/aromatic N) is 1. The number of aromatic nitrogens is 1. The molecular formula is C11H15NOS. The van der Waals surface area contributed by atoms with E-state index >= 15 is 0 Å². The standard InChI is InChI=1S/C11H15NOS/c1-7-12-8(6-14-7)4-10(13)9-5-11(9,2)3/h6,9H,4-5H2,1-3H3. The van der Waals surface area contributed by atoms with Gasteiger partial charge in [-0.05, 0) is 18.8 Å². The number of thiazole rings is 1. The number of carbonyl (C=O) groups is 1. The van der Waals surface area contributed by atoms with Crippen molar-refractivity contribution in [3.8, 4) is 0 Å².